The Hall–Kier alpha value is -0.613. The van der Waals surface area contributed by atoms with Gasteiger partial charge in [-0.3, -0.25) is 4.79 Å². The van der Waals surface area contributed by atoms with Crippen molar-refractivity contribution >= 4 is 14.3 Å². The molecular weight excluding hydrogens is 232 g/mol. The molecule has 0 amide bonds. The third-order valence-electron chi connectivity index (χ3n) is 3.19. The fourth-order valence-electron chi connectivity index (χ4n) is 1.11. The lowest BCUT2D eigenvalue weighted by molar-refractivity contribution is -0.144. The number of hydrogen-bond donors (Lipinski definition) is 0. The summed E-state index contributed by atoms with van der Waals surface area (Å²) in [6.45, 7) is 16.8. The van der Waals surface area contributed by atoms with Crippen LogP contribution in [0.3, 0.4) is 0 Å². The van der Waals surface area contributed by atoms with E-state index in [1.54, 1.807) is 13.0 Å². The lowest BCUT2D eigenvalue weighted by Gasteiger charge is -2.38. The number of esters is 1. The molecule has 0 unspecified atom stereocenters. The van der Waals surface area contributed by atoms with Crippen molar-refractivity contribution in [2.45, 2.75) is 58.4 Å². The van der Waals surface area contributed by atoms with Crippen molar-refractivity contribution in [3.8, 4) is 0 Å². The van der Waals surface area contributed by atoms with E-state index in [1.165, 1.54) is 0 Å². The number of carbonyl (C=O) groups excluding carboxylic acids is 1. The molecule has 3 nitrogen and oxygen atoms in total. The highest BCUT2D eigenvalue weighted by Gasteiger charge is 2.39. The first-order valence-electron chi connectivity index (χ1n) is 6.10. The van der Waals surface area contributed by atoms with E-state index >= 15 is 0 Å². The maximum Gasteiger partial charge on any atom is 0.308 e. The van der Waals surface area contributed by atoms with Crippen LogP contribution in [-0.2, 0) is 14.0 Å². The summed E-state index contributed by atoms with van der Waals surface area (Å²) in [5.41, 5.74) is 0. The summed E-state index contributed by atoms with van der Waals surface area (Å²) >= 11 is 0. The molecule has 0 saturated carbocycles. The predicted molar refractivity (Wildman–Crippen MR) is 73.5 cm³/mol. The molecule has 100 valence electrons. The van der Waals surface area contributed by atoms with Gasteiger partial charge in [0.05, 0.1) is 19.1 Å². The normalized spacial score (nSPS) is 14.2. The van der Waals surface area contributed by atoms with Crippen LogP contribution in [0.25, 0.3) is 0 Å². The zero-order valence-corrected chi connectivity index (χ0v) is 13.0. The van der Waals surface area contributed by atoms with E-state index in [4.69, 9.17) is 9.16 Å². The zero-order valence-electron chi connectivity index (χ0n) is 12.0. The Kier molecular flexibility index (Phi) is 6.13. The first kappa shape index (κ1) is 16.4. The van der Waals surface area contributed by atoms with Gasteiger partial charge in [0.1, 0.15) is 0 Å². The number of ether oxygens (including phenoxy) is 1. The third-order valence-corrected chi connectivity index (χ3v) is 7.69. The standard InChI is InChI=1S/C13H26O3Si/c1-8-11(10-12(14)15-9-2)16-17(6,7)13(3,4)5/h8,11H,1,9-10H2,2-7H3/t11-/m0/s1. The van der Waals surface area contributed by atoms with Gasteiger partial charge in [0, 0.05) is 0 Å². The molecule has 0 aliphatic heterocycles. The molecule has 0 rings (SSSR count). The van der Waals surface area contributed by atoms with Crippen molar-refractivity contribution in [3.05, 3.63) is 12.7 Å². The Bertz CT molecular complexity index is 266. The van der Waals surface area contributed by atoms with Crippen molar-refractivity contribution in [1.82, 2.24) is 0 Å². The van der Waals surface area contributed by atoms with Gasteiger partial charge in [0.15, 0.2) is 8.32 Å². The molecule has 0 heterocycles. The van der Waals surface area contributed by atoms with Crippen molar-refractivity contribution in [3.63, 3.8) is 0 Å². The highest BCUT2D eigenvalue weighted by molar-refractivity contribution is 6.74. The third kappa shape index (κ3) is 5.50. The van der Waals surface area contributed by atoms with E-state index in [9.17, 15) is 4.79 Å². The Morgan fingerprint density at radius 1 is 1.41 bits per heavy atom. The summed E-state index contributed by atoms with van der Waals surface area (Å²) in [4.78, 5) is 11.4. The molecular formula is C13H26O3Si. The van der Waals surface area contributed by atoms with Gasteiger partial charge in [-0.2, -0.15) is 0 Å². The van der Waals surface area contributed by atoms with Crippen LogP contribution in [-0.4, -0.2) is 27.0 Å². The fraction of sp³-hybridized carbons (Fsp3) is 0.769. The fourth-order valence-corrected chi connectivity index (χ4v) is 2.40. The molecule has 0 spiro atoms. The summed E-state index contributed by atoms with van der Waals surface area (Å²) in [6, 6.07) is 0. The Morgan fingerprint density at radius 2 is 1.94 bits per heavy atom. The second-order valence-electron chi connectivity index (χ2n) is 5.66. The van der Waals surface area contributed by atoms with Crippen molar-refractivity contribution in [2.24, 2.45) is 0 Å². The van der Waals surface area contributed by atoms with E-state index in [0.717, 1.165) is 0 Å². The number of hydrogen-bond acceptors (Lipinski definition) is 3. The second kappa shape index (κ2) is 6.35. The van der Waals surface area contributed by atoms with Crippen LogP contribution < -0.4 is 0 Å². The molecule has 17 heavy (non-hydrogen) atoms. The maximum absolute atomic E-state index is 11.4. The molecule has 0 aromatic heterocycles. The van der Waals surface area contributed by atoms with Crippen molar-refractivity contribution < 1.29 is 14.0 Å². The summed E-state index contributed by atoms with van der Waals surface area (Å²) < 4.78 is 11.0. The molecule has 0 saturated heterocycles. The van der Waals surface area contributed by atoms with E-state index in [0.29, 0.717) is 6.61 Å². The first-order chi connectivity index (χ1) is 7.64. The minimum absolute atomic E-state index is 0.128. The summed E-state index contributed by atoms with van der Waals surface area (Å²) in [5.74, 6) is -0.226. The average Bonchev–Trinajstić information content (AvgIpc) is 2.14. The molecule has 0 aliphatic rings. The van der Waals surface area contributed by atoms with Crippen LogP contribution in [0.5, 0.6) is 0 Å². The van der Waals surface area contributed by atoms with Gasteiger partial charge in [-0.1, -0.05) is 26.8 Å². The first-order valence-corrected chi connectivity index (χ1v) is 9.01. The summed E-state index contributed by atoms with van der Waals surface area (Å²) in [5, 5.41) is 0.128. The Labute approximate surface area is 106 Å². The number of carbonyl (C=O) groups is 1. The molecule has 0 aromatic rings. The van der Waals surface area contributed by atoms with Crippen LogP contribution in [0, 0.1) is 0 Å². The van der Waals surface area contributed by atoms with Crippen LogP contribution in [0.2, 0.25) is 18.1 Å². The largest absolute Gasteiger partial charge is 0.466 e. The number of rotatable bonds is 6. The van der Waals surface area contributed by atoms with Gasteiger partial charge in [-0.25, -0.2) is 0 Å². The van der Waals surface area contributed by atoms with E-state index in [-0.39, 0.29) is 23.5 Å². The summed E-state index contributed by atoms with van der Waals surface area (Å²) in [7, 11) is -1.86. The molecule has 1 atom stereocenters. The quantitative estimate of drug-likeness (QED) is 0.415. The van der Waals surface area contributed by atoms with Gasteiger partial charge in [0.25, 0.3) is 0 Å². The minimum atomic E-state index is -1.86. The predicted octanol–water partition coefficient (Wildman–Crippen LogP) is 3.52. The van der Waals surface area contributed by atoms with Crippen LogP contribution >= 0.6 is 0 Å². The van der Waals surface area contributed by atoms with Crippen LogP contribution in [0.4, 0.5) is 0 Å². The van der Waals surface area contributed by atoms with Gasteiger partial charge in [-0.15, -0.1) is 6.58 Å². The lowest BCUT2D eigenvalue weighted by Crippen LogP contribution is -2.44. The highest BCUT2D eigenvalue weighted by atomic mass is 28.4. The SMILES string of the molecule is C=C[C@@H](CC(=O)OCC)O[Si](C)(C)C(C)(C)C. The van der Waals surface area contributed by atoms with Gasteiger partial charge >= 0.3 is 5.97 Å². The van der Waals surface area contributed by atoms with E-state index in [1.807, 2.05) is 0 Å². The second-order valence-corrected chi connectivity index (χ2v) is 10.4. The molecule has 0 fully saturated rings. The van der Waals surface area contributed by atoms with E-state index in [2.05, 4.69) is 40.4 Å². The topological polar surface area (TPSA) is 35.5 Å². The Balaban J connectivity index is 4.51. The molecule has 0 radical (unpaired) electrons. The average molecular weight is 258 g/mol. The lowest BCUT2D eigenvalue weighted by atomic mass is 10.2. The highest BCUT2D eigenvalue weighted by Crippen LogP contribution is 2.37. The van der Waals surface area contributed by atoms with Crippen molar-refractivity contribution in [2.75, 3.05) is 6.61 Å². The minimum Gasteiger partial charge on any atom is -0.466 e. The molecule has 0 bridgehead atoms. The van der Waals surface area contributed by atoms with Gasteiger partial charge < -0.3 is 9.16 Å². The van der Waals surface area contributed by atoms with Crippen LogP contribution in [0.15, 0.2) is 12.7 Å². The van der Waals surface area contributed by atoms with Crippen molar-refractivity contribution in [1.29, 1.82) is 0 Å². The monoisotopic (exact) mass is 258 g/mol. The smallest absolute Gasteiger partial charge is 0.308 e. The van der Waals surface area contributed by atoms with Gasteiger partial charge in [-0.05, 0) is 25.1 Å². The van der Waals surface area contributed by atoms with Gasteiger partial charge in [0.2, 0.25) is 0 Å². The Morgan fingerprint density at radius 3 is 2.29 bits per heavy atom. The molecule has 4 heteroatoms. The summed E-state index contributed by atoms with van der Waals surface area (Å²) in [6.07, 6.45) is 1.70. The van der Waals surface area contributed by atoms with E-state index < -0.39 is 8.32 Å². The molecule has 0 aliphatic carbocycles. The maximum atomic E-state index is 11.4. The molecule has 0 aromatic carbocycles. The zero-order chi connectivity index (χ0) is 13.7. The molecule has 0 N–H and O–H groups in total. The van der Waals surface area contributed by atoms with Crippen LogP contribution in [0.1, 0.15) is 34.1 Å².